The molecule has 0 aliphatic heterocycles. The molecule has 1 rings (SSSR count). The summed E-state index contributed by atoms with van der Waals surface area (Å²) in [5, 5.41) is 18.3. The van der Waals surface area contributed by atoms with Gasteiger partial charge in [-0.1, -0.05) is 0 Å². The number of hydrogen-bond acceptors (Lipinski definition) is 4. The van der Waals surface area contributed by atoms with Crippen molar-refractivity contribution >= 4 is 5.97 Å². The van der Waals surface area contributed by atoms with E-state index in [2.05, 4.69) is 4.52 Å². The Morgan fingerprint density at radius 3 is 2.50 bits per heavy atom. The van der Waals surface area contributed by atoms with E-state index in [1.54, 1.807) is 5.27 Å². The molecule has 0 aliphatic rings. The molecule has 54 valence electrons. The van der Waals surface area contributed by atoms with Gasteiger partial charge in [-0.25, -0.2) is 4.79 Å². The normalized spacial score (nSPS) is 9.60. The molecule has 1 heterocycles. The average Bonchev–Trinajstić information content (AvgIpc) is 2.11. The lowest BCUT2D eigenvalue weighted by atomic mass is 10.5. The minimum atomic E-state index is -1.56. The predicted octanol–water partition coefficient (Wildman–Crippen LogP) is -1.07. The maximum atomic E-state index is 10.3. The number of carbonyl (C=O) groups is 1. The Bertz CT molecular complexity index is 309. The summed E-state index contributed by atoms with van der Waals surface area (Å²) in [6.45, 7) is 0. The van der Waals surface area contributed by atoms with Gasteiger partial charge in [0, 0.05) is 5.27 Å². The quantitative estimate of drug-likeness (QED) is 0.438. The summed E-state index contributed by atoms with van der Waals surface area (Å²) in [5.74, 6) is -2.50. The molecule has 0 saturated carbocycles. The first kappa shape index (κ1) is 6.33. The molecule has 1 aromatic heterocycles. The summed E-state index contributed by atoms with van der Waals surface area (Å²) in [4.78, 5) is 20.4. The van der Waals surface area contributed by atoms with Crippen LogP contribution in [0.2, 0.25) is 0 Å². The van der Waals surface area contributed by atoms with Crippen molar-refractivity contribution in [2.75, 3.05) is 0 Å². The smallest absolute Gasteiger partial charge is 0.460 e. The molecule has 0 fully saturated rings. The standard InChI is InChI=1S/C3H2N2O5/c6-2(7)1-3(8)10-4-5(1)9/h(H2-,4,6,7,8,9)/p+1. The van der Waals surface area contributed by atoms with Crippen LogP contribution in [0.4, 0.5) is 0 Å². The minimum Gasteiger partial charge on any atom is -0.474 e. The molecular formula is C3H3N2O5+. The van der Waals surface area contributed by atoms with Crippen LogP contribution in [0, 0.1) is 4.91 Å². The third-order valence-corrected chi connectivity index (χ3v) is 0.833. The highest BCUT2D eigenvalue weighted by atomic mass is 16.6. The Hall–Kier alpha value is -1.79. The van der Waals surface area contributed by atoms with Crippen LogP contribution in [0.25, 0.3) is 0 Å². The number of H-pyrrole nitrogens is 1. The van der Waals surface area contributed by atoms with Gasteiger partial charge in [-0.15, -0.1) is 0 Å². The predicted molar refractivity (Wildman–Crippen MR) is 25.0 cm³/mol. The third-order valence-electron chi connectivity index (χ3n) is 0.833. The number of aromatic carboxylic acids is 1. The van der Waals surface area contributed by atoms with Gasteiger partial charge in [0.15, 0.2) is 0 Å². The molecule has 3 N–H and O–H groups in total. The molecule has 0 unspecified atom stereocenters. The fraction of sp³-hybridized carbons (Fsp3) is 0. The Morgan fingerprint density at radius 2 is 2.30 bits per heavy atom. The van der Waals surface area contributed by atoms with Crippen LogP contribution >= 0.6 is 0 Å². The van der Waals surface area contributed by atoms with Gasteiger partial charge in [0.2, 0.25) is 4.54 Å². The van der Waals surface area contributed by atoms with Crippen molar-refractivity contribution in [1.29, 1.82) is 0 Å². The second-order valence-electron chi connectivity index (χ2n) is 1.45. The summed E-state index contributed by atoms with van der Waals surface area (Å²) in [6.07, 6.45) is 0. The summed E-state index contributed by atoms with van der Waals surface area (Å²) >= 11 is 0. The lowest BCUT2D eigenvalue weighted by Gasteiger charge is -1.72. The van der Waals surface area contributed by atoms with Crippen molar-refractivity contribution in [3.8, 4) is 5.95 Å². The van der Waals surface area contributed by atoms with E-state index in [1.807, 2.05) is 0 Å². The largest absolute Gasteiger partial charge is 0.474 e. The zero-order chi connectivity index (χ0) is 7.72. The second-order valence-corrected chi connectivity index (χ2v) is 1.45. The fourth-order valence-corrected chi connectivity index (χ4v) is 0.444. The Balaban J connectivity index is 3.37. The number of carboxylic acid groups (broad SMARTS) is 1. The van der Waals surface area contributed by atoms with Crippen molar-refractivity contribution in [2.24, 2.45) is 0 Å². The van der Waals surface area contributed by atoms with Crippen molar-refractivity contribution in [3.05, 3.63) is 10.6 Å². The monoisotopic (exact) mass is 147 g/mol. The zero-order valence-electron chi connectivity index (χ0n) is 4.57. The van der Waals surface area contributed by atoms with Crippen molar-refractivity contribution in [2.45, 2.75) is 0 Å². The van der Waals surface area contributed by atoms with E-state index < -0.39 is 17.6 Å². The van der Waals surface area contributed by atoms with Crippen LogP contribution in [0.5, 0.6) is 5.95 Å². The van der Waals surface area contributed by atoms with Gasteiger partial charge >= 0.3 is 17.6 Å². The van der Waals surface area contributed by atoms with Gasteiger partial charge in [-0.05, 0) is 0 Å². The molecule has 0 amide bonds. The molecule has 10 heavy (non-hydrogen) atoms. The van der Waals surface area contributed by atoms with Crippen LogP contribution in [-0.2, 0) is 0 Å². The lowest BCUT2D eigenvalue weighted by molar-refractivity contribution is -0.580. The highest BCUT2D eigenvalue weighted by Gasteiger charge is 2.29. The van der Waals surface area contributed by atoms with E-state index in [0.29, 0.717) is 0 Å². The van der Waals surface area contributed by atoms with Crippen molar-refractivity contribution in [1.82, 2.24) is 5.27 Å². The lowest BCUT2D eigenvalue weighted by Crippen LogP contribution is -2.23. The number of nitrogens with zero attached hydrogens (tertiary/aromatic N) is 1. The Labute approximate surface area is 53.1 Å². The molecule has 7 nitrogen and oxygen atoms in total. The average molecular weight is 147 g/mol. The molecule has 7 heteroatoms. The highest BCUT2D eigenvalue weighted by Crippen LogP contribution is 2.07. The summed E-state index contributed by atoms with van der Waals surface area (Å²) in [5.41, 5.74) is -0.861. The third kappa shape index (κ3) is 0.729. The minimum absolute atomic E-state index is 0.197. The number of aromatic hydroxyl groups is 1. The summed E-state index contributed by atoms with van der Waals surface area (Å²) in [7, 11) is 0. The van der Waals surface area contributed by atoms with Crippen LogP contribution < -0.4 is 4.54 Å². The van der Waals surface area contributed by atoms with Gasteiger partial charge < -0.3 is 10.2 Å². The van der Waals surface area contributed by atoms with Gasteiger partial charge in [-0.3, -0.25) is 4.52 Å². The Kier molecular flexibility index (Phi) is 1.18. The maximum Gasteiger partial charge on any atom is 0.460 e. The molecule has 0 aliphatic carbocycles. The number of aromatic amines is 1. The number of rotatable bonds is 1. The molecular weight excluding hydrogens is 144 g/mol. The fourth-order valence-electron chi connectivity index (χ4n) is 0.444. The van der Waals surface area contributed by atoms with E-state index in [-0.39, 0.29) is 4.54 Å². The molecule has 1 aromatic rings. The maximum absolute atomic E-state index is 10.3. The number of nitrogens with one attached hydrogen (secondary N) is 1. The van der Waals surface area contributed by atoms with Crippen molar-refractivity contribution in [3.63, 3.8) is 0 Å². The topological polar surface area (TPSA) is 109 Å². The number of aromatic nitrogens is 2. The van der Waals surface area contributed by atoms with Crippen LogP contribution in [0.1, 0.15) is 10.5 Å². The highest BCUT2D eigenvalue weighted by molar-refractivity contribution is 5.85. The van der Waals surface area contributed by atoms with E-state index in [0.717, 1.165) is 0 Å². The van der Waals surface area contributed by atoms with Crippen LogP contribution in [0.15, 0.2) is 4.52 Å². The summed E-state index contributed by atoms with van der Waals surface area (Å²) < 4.78 is 3.76. The molecule has 0 radical (unpaired) electrons. The van der Waals surface area contributed by atoms with Gasteiger partial charge in [0.1, 0.15) is 0 Å². The first-order valence-electron chi connectivity index (χ1n) is 2.19. The molecule has 0 aromatic carbocycles. The summed E-state index contributed by atoms with van der Waals surface area (Å²) in [6, 6.07) is 0. The molecule has 0 atom stereocenters. The number of carboxylic acids is 1. The Morgan fingerprint density at radius 1 is 1.70 bits per heavy atom. The van der Waals surface area contributed by atoms with E-state index in [4.69, 9.17) is 10.2 Å². The van der Waals surface area contributed by atoms with E-state index in [1.165, 1.54) is 0 Å². The first-order valence-corrected chi connectivity index (χ1v) is 2.19. The first-order chi connectivity index (χ1) is 4.63. The van der Waals surface area contributed by atoms with Gasteiger partial charge in [0.05, 0.1) is 4.91 Å². The van der Waals surface area contributed by atoms with Crippen molar-refractivity contribution < 1.29 is 24.1 Å². The molecule has 0 spiro atoms. The zero-order valence-corrected chi connectivity index (χ0v) is 4.57. The molecule has 0 saturated heterocycles. The number of hydrogen-bond donors (Lipinski definition) is 3. The SMILES string of the molecule is O=C(O)c1c(O)o[nH][n+]1=O. The van der Waals surface area contributed by atoms with Gasteiger partial charge in [-0.2, -0.15) is 0 Å². The molecule has 0 bridgehead atoms. The second kappa shape index (κ2) is 1.87. The van der Waals surface area contributed by atoms with Gasteiger partial charge in [0.25, 0.3) is 0 Å². The van der Waals surface area contributed by atoms with E-state index in [9.17, 15) is 9.70 Å². The van der Waals surface area contributed by atoms with E-state index >= 15 is 0 Å². The van der Waals surface area contributed by atoms with Crippen LogP contribution in [0.3, 0.4) is 0 Å². The van der Waals surface area contributed by atoms with Crippen LogP contribution in [-0.4, -0.2) is 21.5 Å².